The second-order valence-corrected chi connectivity index (χ2v) is 1.86. The lowest BCUT2D eigenvalue weighted by molar-refractivity contribution is -0.119. The molecule has 0 radical (unpaired) electrons. The van der Waals surface area contributed by atoms with Crippen LogP contribution in [0.2, 0.25) is 0 Å². The molecule has 2 heteroatoms. The molecule has 1 amide bonds. The van der Waals surface area contributed by atoms with Gasteiger partial charge in [-0.25, -0.2) is 0 Å². The van der Waals surface area contributed by atoms with Gasteiger partial charge in [-0.3, -0.25) is 4.79 Å². The standard InChI is InChI=1S/C4H7NO.C3H6/c6-4-2-1-3-5-4;1-3-2/h1-3H2,(H,5,6);3H,1H2,2H3. The number of amides is 1. The van der Waals surface area contributed by atoms with E-state index in [-0.39, 0.29) is 5.91 Å². The van der Waals surface area contributed by atoms with Crippen LogP contribution in [0.5, 0.6) is 0 Å². The molecule has 1 aliphatic heterocycles. The molecular formula is C7H13NO. The Kier molecular flexibility index (Phi) is 4.88. The molecule has 0 aliphatic carbocycles. The molecule has 0 bridgehead atoms. The van der Waals surface area contributed by atoms with Crippen molar-refractivity contribution in [3.63, 3.8) is 0 Å². The lowest BCUT2D eigenvalue weighted by Gasteiger charge is -1.80. The minimum atomic E-state index is 0.204. The van der Waals surface area contributed by atoms with E-state index in [4.69, 9.17) is 0 Å². The van der Waals surface area contributed by atoms with Gasteiger partial charge >= 0.3 is 0 Å². The minimum absolute atomic E-state index is 0.204. The van der Waals surface area contributed by atoms with E-state index in [1.807, 2.05) is 6.92 Å². The van der Waals surface area contributed by atoms with Gasteiger partial charge in [-0.2, -0.15) is 0 Å². The van der Waals surface area contributed by atoms with Crippen LogP contribution in [0.3, 0.4) is 0 Å². The van der Waals surface area contributed by atoms with Gasteiger partial charge in [-0.15, -0.1) is 6.58 Å². The number of hydrogen-bond donors (Lipinski definition) is 1. The molecule has 1 heterocycles. The van der Waals surface area contributed by atoms with Crippen LogP contribution in [-0.2, 0) is 4.79 Å². The Bertz CT molecular complexity index is 91.1. The fourth-order valence-corrected chi connectivity index (χ4v) is 0.565. The second kappa shape index (κ2) is 5.35. The maximum Gasteiger partial charge on any atom is 0.220 e. The first-order valence-corrected chi connectivity index (χ1v) is 3.15. The Hall–Kier alpha value is -0.790. The maximum atomic E-state index is 10.1. The minimum Gasteiger partial charge on any atom is -0.356 e. The molecule has 0 aromatic rings. The summed E-state index contributed by atoms with van der Waals surface area (Å²) in [5.41, 5.74) is 0. The highest BCUT2D eigenvalue weighted by Gasteiger charge is 2.05. The Morgan fingerprint density at radius 2 is 2.33 bits per heavy atom. The molecule has 0 atom stereocenters. The predicted octanol–water partition coefficient (Wildman–Crippen LogP) is 1.09. The highest BCUT2D eigenvalue weighted by Crippen LogP contribution is 1.93. The zero-order chi connectivity index (χ0) is 7.11. The molecule has 52 valence electrons. The van der Waals surface area contributed by atoms with Crippen molar-refractivity contribution in [3.8, 4) is 0 Å². The summed E-state index contributed by atoms with van der Waals surface area (Å²) in [6, 6.07) is 0. The highest BCUT2D eigenvalue weighted by atomic mass is 16.1. The van der Waals surface area contributed by atoms with Crippen molar-refractivity contribution in [3.05, 3.63) is 12.7 Å². The van der Waals surface area contributed by atoms with Gasteiger partial charge in [0.1, 0.15) is 0 Å². The van der Waals surface area contributed by atoms with Gasteiger partial charge in [0, 0.05) is 13.0 Å². The van der Waals surface area contributed by atoms with Crippen molar-refractivity contribution in [2.24, 2.45) is 0 Å². The van der Waals surface area contributed by atoms with Crippen molar-refractivity contribution in [2.45, 2.75) is 19.8 Å². The fourth-order valence-electron chi connectivity index (χ4n) is 0.565. The first kappa shape index (κ1) is 8.21. The summed E-state index contributed by atoms with van der Waals surface area (Å²) in [5, 5.41) is 2.68. The first-order valence-electron chi connectivity index (χ1n) is 3.15. The Morgan fingerprint density at radius 3 is 2.44 bits per heavy atom. The van der Waals surface area contributed by atoms with E-state index < -0.39 is 0 Å². The van der Waals surface area contributed by atoms with E-state index in [1.165, 1.54) is 0 Å². The van der Waals surface area contributed by atoms with Crippen LogP contribution in [0.1, 0.15) is 19.8 Å². The Labute approximate surface area is 56.0 Å². The molecule has 0 unspecified atom stereocenters. The molecular weight excluding hydrogens is 114 g/mol. The van der Waals surface area contributed by atoms with Crippen LogP contribution in [-0.4, -0.2) is 12.5 Å². The lowest BCUT2D eigenvalue weighted by Crippen LogP contribution is -2.12. The summed E-state index contributed by atoms with van der Waals surface area (Å²) in [7, 11) is 0. The molecule has 0 saturated carbocycles. The van der Waals surface area contributed by atoms with E-state index in [2.05, 4.69) is 11.9 Å². The van der Waals surface area contributed by atoms with Crippen molar-refractivity contribution in [1.82, 2.24) is 5.32 Å². The topological polar surface area (TPSA) is 29.1 Å². The molecule has 1 aliphatic rings. The average Bonchev–Trinajstić information content (AvgIpc) is 2.20. The monoisotopic (exact) mass is 127 g/mol. The van der Waals surface area contributed by atoms with Crippen LogP contribution >= 0.6 is 0 Å². The third kappa shape index (κ3) is 5.07. The van der Waals surface area contributed by atoms with Crippen LogP contribution in [0, 0.1) is 0 Å². The molecule has 0 aromatic carbocycles. The molecule has 1 rings (SSSR count). The molecule has 1 saturated heterocycles. The zero-order valence-electron chi connectivity index (χ0n) is 5.81. The van der Waals surface area contributed by atoms with E-state index in [9.17, 15) is 4.79 Å². The van der Waals surface area contributed by atoms with Gasteiger partial charge in [0.05, 0.1) is 0 Å². The number of rotatable bonds is 0. The van der Waals surface area contributed by atoms with Gasteiger partial charge in [-0.05, 0) is 13.3 Å². The summed E-state index contributed by atoms with van der Waals surface area (Å²) in [4.78, 5) is 10.1. The number of carbonyl (C=O) groups is 1. The first-order chi connectivity index (χ1) is 4.31. The van der Waals surface area contributed by atoms with Gasteiger partial charge in [-0.1, -0.05) is 6.08 Å². The van der Waals surface area contributed by atoms with E-state index in [0.29, 0.717) is 0 Å². The number of hydrogen-bond acceptors (Lipinski definition) is 1. The smallest absolute Gasteiger partial charge is 0.220 e. The molecule has 0 spiro atoms. The third-order valence-corrected chi connectivity index (χ3v) is 0.903. The number of carbonyl (C=O) groups excluding carboxylic acids is 1. The van der Waals surface area contributed by atoms with E-state index in [1.54, 1.807) is 6.08 Å². The van der Waals surface area contributed by atoms with E-state index >= 15 is 0 Å². The molecule has 1 N–H and O–H groups in total. The second-order valence-electron chi connectivity index (χ2n) is 1.86. The van der Waals surface area contributed by atoms with Crippen molar-refractivity contribution in [2.75, 3.05) is 6.54 Å². The van der Waals surface area contributed by atoms with Gasteiger partial charge < -0.3 is 5.32 Å². The van der Waals surface area contributed by atoms with Gasteiger partial charge in [0.2, 0.25) is 5.91 Å². The number of nitrogens with one attached hydrogen (secondary N) is 1. The third-order valence-electron chi connectivity index (χ3n) is 0.903. The Balaban J connectivity index is 0.000000187. The molecule has 0 aromatic heterocycles. The number of allylic oxidation sites excluding steroid dienone is 1. The Morgan fingerprint density at radius 1 is 1.78 bits per heavy atom. The summed E-state index contributed by atoms with van der Waals surface area (Å²) in [6.07, 6.45) is 3.51. The van der Waals surface area contributed by atoms with Gasteiger partial charge in [0.25, 0.3) is 0 Å². The quantitative estimate of drug-likeness (QED) is 0.485. The summed E-state index contributed by atoms with van der Waals surface area (Å²) in [5.74, 6) is 0.204. The SMILES string of the molecule is C=CC.O=C1CCCN1. The van der Waals surface area contributed by atoms with Crippen LogP contribution in [0.25, 0.3) is 0 Å². The van der Waals surface area contributed by atoms with Crippen molar-refractivity contribution >= 4 is 5.91 Å². The summed E-state index contributed by atoms with van der Waals surface area (Å²) >= 11 is 0. The average molecular weight is 127 g/mol. The fraction of sp³-hybridized carbons (Fsp3) is 0.571. The molecule has 2 nitrogen and oxygen atoms in total. The lowest BCUT2D eigenvalue weighted by atomic mass is 10.4. The normalized spacial score (nSPS) is 15.4. The maximum absolute atomic E-state index is 10.1. The van der Waals surface area contributed by atoms with Crippen LogP contribution in [0.4, 0.5) is 0 Å². The highest BCUT2D eigenvalue weighted by molar-refractivity contribution is 5.77. The van der Waals surface area contributed by atoms with Gasteiger partial charge in [0.15, 0.2) is 0 Å². The molecule has 1 fully saturated rings. The van der Waals surface area contributed by atoms with Crippen molar-refractivity contribution < 1.29 is 4.79 Å². The van der Waals surface area contributed by atoms with Crippen LogP contribution < -0.4 is 5.32 Å². The molecule has 9 heavy (non-hydrogen) atoms. The van der Waals surface area contributed by atoms with E-state index in [0.717, 1.165) is 19.4 Å². The summed E-state index contributed by atoms with van der Waals surface area (Å²) in [6.45, 7) is 6.14. The summed E-state index contributed by atoms with van der Waals surface area (Å²) < 4.78 is 0. The van der Waals surface area contributed by atoms with Crippen molar-refractivity contribution in [1.29, 1.82) is 0 Å². The van der Waals surface area contributed by atoms with Crippen LogP contribution in [0.15, 0.2) is 12.7 Å². The zero-order valence-corrected chi connectivity index (χ0v) is 5.81. The predicted molar refractivity (Wildman–Crippen MR) is 38.1 cm³/mol. The largest absolute Gasteiger partial charge is 0.356 e.